The Kier molecular flexibility index (Phi) is 3.19. The van der Waals surface area contributed by atoms with Crippen molar-refractivity contribution in [2.75, 3.05) is 18.0 Å². The molecule has 0 spiro atoms. The highest BCUT2D eigenvalue weighted by atomic mass is 16.1. The largest absolute Gasteiger partial charge is 0.371 e. The molecule has 1 aliphatic heterocycles. The first-order valence-electron chi connectivity index (χ1n) is 7.80. The number of fused-ring (bicyclic) bond motifs is 1. The van der Waals surface area contributed by atoms with E-state index in [-0.39, 0.29) is 5.56 Å². The number of rotatable bonds is 2. The number of para-hydroxylation sites is 2. The van der Waals surface area contributed by atoms with Crippen LogP contribution in [0.5, 0.6) is 0 Å². The van der Waals surface area contributed by atoms with Gasteiger partial charge in [-0.3, -0.25) is 9.36 Å². The van der Waals surface area contributed by atoms with Crippen molar-refractivity contribution in [3.8, 4) is 5.69 Å². The molecule has 0 atom stereocenters. The van der Waals surface area contributed by atoms with Crippen molar-refractivity contribution in [1.29, 1.82) is 0 Å². The molecule has 0 unspecified atom stereocenters. The first kappa shape index (κ1) is 13.1. The van der Waals surface area contributed by atoms with E-state index in [1.807, 2.05) is 48.5 Å². The molecule has 1 aliphatic rings. The van der Waals surface area contributed by atoms with E-state index in [0.29, 0.717) is 0 Å². The van der Waals surface area contributed by atoms with Gasteiger partial charge in [-0.25, -0.2) is 0 Å². The van der Waals surface area contributed by atoms with Gasteiger partial charge >= 0.3 is 0 Å². The zero-order valence-electron chi connectivity index (χ0n) is 12.4. The predicted molar refractivity (Wildman–Crippen MR) is 91.0 cm³/mol. The normalized spacial score (nSPS) is 14.6. The Morgan fingerprint density at radius 1 is 0.818 bits per heavy atom. The lowest BCUT2D eigenvalue weighted by atomic mass is 10.1. The van der Waals surface area contributed by atoms with Crippen LogP contribution >= 0.6 is 0 Å². The van der Waals surface area contributed by atoms with E-state index in [9.17, 15) is 4.79 Å². The minimum Gasteiger partial charge on any atom is -0.371 e. The van der Waals surface area contributed by atoms with E-state index in [1.165, 1.54) is 12.8 Å². The van der Waals surface area contributed by atoms with Gasteiger partial charge in [-0.15, -0.1) is 0 Å². The summed E-state index contributed by atoms with van der Waals surface area (Å²) in [6, 6.07) is 19.8. The third kappa shape index (κ3) is 2.10. The highest BCUT2D eigenvalue weighted by Gasteiger charge is 2.17. The molecule has 0 bridgehead atoms. The maximum absolute atomic E-state index is 12.7. The average Bonchev–Trinajstić information content (AvgIpc) is 3.09. The van der Waals surface area contributed by atoms with Crippen LogP contribution in [0.2, 0.25) is 0 Å². The number of pyridine rings is 1. The van der Waals surface area contributed by atoms with Gasteiger partial charge < -0.3 is 4.90 Å². The average molecular weight is 290 g/mol. The molecular formula is C19H18N2O. The zero-order valence-corrected chi connectivity index (χ0v) is 12.4. The van der Waals surface area contributed by atoms with Crippen molar-refractivity contribution in [2.45, 2.75) is 12.8 Å². The molecule has 1 aromatic heterocycles. The summed E-state index contributed by atoms with van der Waals surface area (Å²) in [5.41, 5.74) is 3.00. The highest BCUT2D eigenvalue weighted by molar-refractivity contribution is 5.93. The number of benzene rings is 2. The van der Waals surface area contributed by atoms with Gasteiger partial charge in [0.2, 0.25) is 0 Å². The van der Waals surface area contributed by atoms with Gasteiger partial charge in [0.05, 0.1) is 11.2 Å². The fourth-order valence-corrected chi connectivity index (χ4v) is 3.33. The van der Waals surface area contributed by atoms with Crippen LogP contribution in [0, 0.1) is 0 Å². The van der Waals surface area contributed by atoms with Gasteiger partial charge in [-0.05, 0) is 31.0 Å². The van der Waals surface area contributed by atoms with E-state index in [4.69, 9.17) is 0 Å². The second kappa shape index (κ2) is 5.34. The molecule has 3 heteroatoms. The topological polar surface area (TPSA) is 25.2 Å². The number of aromatic nitrogens is 1. The van der Waals surface area contributed by atoms with E-state index in [1.54, 1.807) is 10.6 Å². The fourth-order valence-electron chi connectivity index (χ4n) is 3.33. The van der Waals surface area contributed by atoms with Gasteiger partial charge in [0.25, 0.3) is 5.56 Å². The van der Waals surface area contributed by atoms with E-state index in [0.717, 1.165) is 35.4 Å². The van der Waals surface area contributed by atoms with Gasteiger partial charge in [0, 0.05) is 30.2 Å². The Bertz CT molecular complexity index is 861. The van der Waals surface area contributed by atoms with E-state index in [2.05, 4.69) is 11.0 Å². The monoisotopic (exact) mass is 290 g/mol. The zero-order chi connectivity index (χ0) is 14.9. The first-order chi connectivity index (χ1) is 10.8. The molecule has 0 N–H and O–H groups in total. The molecule has 0 amide bonds. The Balaban J connectivity index is 2.02. The van der Waals surface area contributed by atoms with Gasteiger partial charge in [0.1, 0.15) is 0 Å². The Labute approximate surface area is 129 Å². The maximum atomic E-state index is 12.7. The van der Waals surface area contributed by atoms with E-state index < -0.39 is 0 Å². The minimum atomic E-state index is 0.0341. The lowest BCUT2D eigenvalue weighted by molar-refractivity contribution is 0.949. The summed E-state index contributed by atoms with van der Waals surface area (Å²) in [6.07, 6.45) is 2.41. The van der Waals surface area contributed by atoms with Crippen molar-refractivity contribution < 1.29 is 0 Å². The van der Waals surface area contributed by atoms with Crippen LogP contribution in [0.1, 0.15) is 12.8 Å². The number of nitrogens with zero attached hydrogens (tertiary/aromatic N) is 2. The molecule has 3 aromatic rings. The number of hydrogen-bond donors (Lipinski definition) is 0. The quantitative estimate of drug-likeness (QED) is 0.720. The molecule has 2 heterocycles. The lowest BCUT2D eigenvalue weighted by Crippen LogP contribution is -2.24. The Morgan fingerprint density at radius 2 is 1.50 bits per heavy atom. The van der Waals surface area contributed by atoms with Crippen LogP contribution in [0.15, 0.2) is 65.5 Å². The summed E-state index contributed by atoms with van der Waals surface area (Å²) in [5.74, 6) is 0. The van der Waals surface area contributed by atoms with Crippen LogP contribution in [0.3, 0.4) is 0 Å². The van der Waals surface area contributed by atoms with E-state index >= 15 is 0 Å². The SMILES string of the molecule is O=c1cc(N2CCCC2)c2ccccc2n1-c1ccccc1. The third-order valence-corrected chi connectivity index (χ3v) is 4.36. The number of anilines is 1. The van der Waals surface area contributed by atoms with Crippen LogP contribution in [0.25, 0.3) is 16.6 Å². The molecule has 4 rings (SSSR count). The molecule has 0 aliphatic carbocycles. The first-order valence-corrected chi connectivity index (χ1v) is 7.80. The van der Waals surface area contributed by atoms with Crippen molar-refractivity contribution in [3.05, 3.63) is 71.0 Å². The standard InChI is InChI=1S/C19H18N2O/c22-19-14-18(20-12-6-7-13-20)16-10-4-5-11-17(16)21(19)15-8-2-1-3-9-15/h1-5,8-11,14H,6-7,12-13H2. The second-order valence-electron chi connectivity index (χ2n) is 5.75. The van der Waals surface area contributed by atoms with Crippen LogP contribution in [0.4, 0.5) is 5.69 Å². The van der Waals surface area contributed by atoms with Gasteiger partial charge in [-0.2, -0.15) is 0 Å². The molecule has 2 aromatic carbocycles. The van der Waals surface area contributed by atoms with Crippen LogP contribution in [-0.4, -0.2) is 17.7 Å². The van der Waals surface area contributed by atoms with Crippen molar-refractivity contribution in [3.63, 3.8) is 0 Å². The molecule has 1 saturated heterocycles. The second-order valence-corrected chi connectivity index (χ2v) is 5.75. The molecule has 0 saturated carbocycles. The summed E-state index contributed by atoms with van der Waals surface area (Å²) in [7, 11) is 0. The molecule has 1 fully saturated rings. The minimum absolute atomic E-state index is 0.0341. The molecule has 22 heavy (non-hydrogen) atoms. The van der Waals surface area contributed by atoms with Gasteiger partial charge in [-0.1, -0.05) is 36.4 Å². The van der Waals surface area contributed by atoms with Crippen molar-refractivity contribution in [2.24, 2.45) is 0 Å². The van der Waals surface area contributed by atoms with Crippen LogP contribution in [-0.2, 0) is 0 Å². The Hall–Kier alpha value is -2.55. The van der Waals surface area contributed by atoms with Crippen molar-refractivity contribution in [1.82, 2.24) is 4.57 Å². The van der Waals surface area contributed by atoms with Gasteiger partial charge in [0.15, 0.2) is 0 Å². The summed E-state index contributed by atoms with van der Waals surface area (Å²) < 4.78 is 1.80. The molecule has 110 valence electrons. The molecule has 0 radical (unpaired) electrons. The summed E-state index contributed by atoms with van der Waals surface area (Å²) in [6.45, 7) is 2.08. The number of hydrogen-bond acceptors (Lipinski definition) is 2. The maximum Gasteiger partial charge on any atom is 0.257 e. The predicted octanol–water partition coefficient (Wildman–Crippen LogP) is 3.59. The third-order valence-electron chi connectivity index (χ3n) is 4.36. The van der Waals surface area contributed by atoms with Crippen molar-refractivity contribution >= 4 is 16.6 Å². The smallest absolute Gasteiger partial charge is 0.257 e. The van der Waals surface area contributed by atoms with Crippen LogP contribution < -0.4 is 10.5 Å². The fraction of sp³-hybridized carbons (Fsp3) is 0.211. The molecule has 3 nitrogen and oxygen atoms in total. The summed E-state index contributed by atoms with van der Waals surface area (Å²) in [4.78, 5) is 15.1. The summed E-state index contributed by atoms with van der Waals surface area (Å²) in [5, 5.41) is 1.15. The summed E-state index contributed by atoms with van der Waals surface area (Å²) >= 11 is 0. The Morgan fingerprint density at radius 3 is 2.27 bits per heavy atom. The highest BCUT2D eigenvalue weighted by Crippen LogP contribution is 2.28. The lowest BCUT2D eigenvalue weighted by Gasteiger charge is -2.21. The molecular weight excluding hydrogens is 272 g/mol.